The molecule has 124 valence electrons. The molecule has 0 bridgehead atoms. The summed E-state index contributed by atoms with van der Waals surface area (Å²) in [6.45, 7) is 4.11. The molecule has 24 heavy (non-hydrogen) atoms. The first-order chi connectivity index (χ1) is 11.5. The fourth-order valence-electron chi connectivity index (χ4n) is 2.51. The Labute approximate surface area is 146 Å². The monoisotopic (exact) mass is 339 g/mol. The van der Waals surface area contributed by atoms with Crippen molar-refractivity contribution < 1.29 is 4.79 Å². The van der Waals surface area contributed by atoms with Crippen molar-refractivity contribution in [1.29, 1.82) is 0 Å². The third kappa shape index (κ3) is 3.62. The quantitative estimate of drug-likeness (QED) is 0.709. The molecule has 0 aliphatic heterocycles. The van der Waals surface area contributed by atoms with E-state index in [9.17, 15) is 4.79 Å². The predicted molar refractivity (Wildman–Crippen MR) is 99.2 cm³/mol. The molecule has 0 saturated carbocycles. The standard InChI is InChI=1S/C19H21N3OS/c1-13-8-10-15(11-9-13)14(2)22(3)18(23)12-24-19-20-16-6-4-5-7-17(16)21-19/h4-11,14H,12H2,1-3H3,(H,20,21). The number of thioether (sulfide) groups is 1. The van der Waals surface area contributed by atoms with Crippen LogP contribution >= 0.6 is 11.8 Å². The van der Waals surface area contributed by atoms with Crippen LogP contribution in [-0.2, 0) is 4.79 Å². The molecule has 1 amide bonds. The summed E-state index contributed by atoms with van der Waals surface area (Å²) >= 11 is 1.44. The molecule has 3 rings (SSSR count). The van der Waals surface area contributed by atoms with Gasteiger partial charge >= 0.3 is 0 Å². The van der Waals surface area contributed by atoms with Crippen LogP contribution in [0.5, 0.6) is 0 Å². The van der Waals surface area contributed by atoms with Crippen LogP contribution in [-0.4, -0.2) is 33.6 Å². The van der Waals surface area contributed by atoms with Gasteiger partial charge in [0.2, 0.25) is 5.91 Å². The van der Waals surface area contributed by atoms with Crippen molar-refractivity contribution in [2.24, 2.45) is 0 Å². The van der Waals surface area contributed by atoms with Gasteiger partial charge in [-0.3, -0.25) is 4.79 Å². The number of nitrogens with zero attached hydrogens (tertiary/aromatic N) is 2. The molecule has 4 nitrogen and oxygen atoms in total. The first-order valence-electron chi connectivity index (χ1n) is 7.94. The molecule has 1 N–H and O–H groups in total. The minimum atomic E-state index is 0.0503. The Morgan fingerprint density at radius 2 is 1.92 bits per heavy atom. The summed E-state index contributed by atoms with van der Waals surface area (Å²) in [5.74, 6) is 0.459. The average molecular weight is 339 g/mol. The number of carbonyl (C=O) groups excluding carboxylic acids is 1. The number of rotatable bonds is 5. The van der Waals surface area contributed by atoms with E-state index >= 15 is 0 Å². The molecule has 1 atom stereocenters. The number of aryl methyl sites for hydroxylation is 1. The van der Waals surface area contributed by atoms with Crippen LogP contribution in [0.2, 0.25) is 0 Å². The van der Waals surface area contributed by atoms with E-state index in [4.69, 9.17) is 0 Å². The highest BCUT2D eigenvalue weighted by Crippen LogP contribution is 2.23. The van der Waals surface area contributed by atoms with Crippen LogP contribution in [0.4, 0.5) is 0 Å². The smallest absolute Gasteiger partial charge is 0.233 e. The lowest BCUT2D eigenvalue weighted by atomic mass is 10.1. The van der Waals surface area contributed by atoms with E-state index in [1.807, 2.05) is 31.3 Å². The molecule has 0 radical (unpaired) electrons. The Hall–Kier alpha value is -2.27. The van der Waals surface area contributed by atoms with Gasteiger partial charge in [-0.2, -0.15) is 0 Å². The third-order valence-electron chi connectivity index (χ3n) is 4.23. The van der Waals surface area contributed by atoms with Crippen LogP contribution in [0.25, 0.3) is 11.0 Å². The topological polar surface area (TPSA) is 49.0 Å². The fraction of sp³-hybridized carbons (Fsp3) is 0.263. The lowest BCUT2D eigenvalue weighted by Crippen LogP contribution is -2.31. The van der Waals surface area contributed by atoms with Gasteiger partial charge in [-0.25, -0.2) is 4.98 Å². The SMILES string of the molecule is Cc1ccc(C(C)N(C)C(=O)CSc2nc3ccccc3[nH]2)cc1. The minimum Gasteiger partial charge on any atom is -0.338 e. The van der Waals surface area contributed by atoms with Gasteiger partial charge in [-0.05, 0) is 31.5 Å². The number of amides is 1. The first kappa shape index (κ1) is 16.6. The molecular formula is C19H21N3OS. The predicted octanol–water partition coefficient (Wildman–Crippen LogP) is 4.18. The number of fused-ring (bicyclic) bond motifs is 1. The number of carbonyl (C=O) groups is 1. The average Bonchev–Trinajstić information content (AvgIpc) is 3.02. The van der Waals surface area contributed by atoms with Gasteiger partial charge in [0.05, 0.1) is 22.8 Å². The maximum Gasteiger partial charge on any atom is 0.233 e. The number of para-hydroxylation sites is 2. The van der Waals surface area contributed by atoms with Gasteiger partial charge < -0.3 is 9.88 Å². The minimum absolute atomic E-state index is 0.0503. The summed E-state index contributed by atoms with van der Waals surface area (Å²) in [6, 6.07) is 16.2. The van der Waals surface area contributed by atoms with Gasteiger partial charge in [0.1, 0.15) is 0 Å². The van der Waals surface area contributed by atoms with E-state index in [2.05, 4.69) is 48.1 Å². The van der Waals surface area contributed by atoms with E-state index in [0.717, 1.165) is 21.8 Å². The van der Waals surface area contributed by atoms with Crippen LogP contribution < -0.4 is 0 Å². The molecule has 0 fully saturated rings. The fourth-order valence-corrected chi connectivity index (χ4v) is 3.32. The van der Waals surface area contributed by atoms with Gasteiger partial charge in [0, 0.05) is 7.05 Å². The van der Waals surface area contributed by atoms with Crippen molar-refractivity contribution in [2.45, 2.75) is 25.0 Å². The Balaban J connectivity index is 1.62. The first-order valence-corrected chi connectivity index (χ1v) is 8.93. The number of benzene rings is 2. The Bertz CT molecular complexity index is 808. The number of H-pyrrole nitrogens is 1. The molecule has 0 aliphatic carbocycles. The van der Waals surface area contributed by atoms with Crippen LogP contribution in [0.1, 0.15) is 24.1 Å². The summed E-state index contributed by atoms with van der Waals surface area (Å²) in [5.41, 5.74) is 4.29. The maximum atomic E-state index is 12.5. The molecule has 3 aromatic rings. The van der Waals surface area contributed by atoms with Crippen LogP contribution in [0.3, 0.4) is 0 Å². The van der Waals surface area contributed by atoms with E-state index in [1.165, 1.54) is 17.3 Å². The lowest BCUT2D eigenvalue weighted by molar-refractivity contribution is -0.128. The number of imidazole rings is 1. The number of hydrogen-bond donors (Lipinski definition) is 1. The molecule has 1 aromatic heterocycles. The highest BCUT2D eigenvalue weighted by atomic mass is 32.2. The second kappa shape index (κ2) is 7.09. The summed E-state index contributed by atoms with van der Waals surface area (Å²) in [5, 5.41) is 0.779. The highest BCUT2D eigenvalue weighted by molar-refractivity contribution is 7.99. The number of aromatic amines is 1. The van der Waals surface area contributed by atoms with Crippen molar-refractivity contribution in [3.63, 3.8) is 0 Å². The summed E-state index contributed by atoms with van der Waals surface area (Å²) in [6.07, 6.45) is 0. The van der Waals surface area contributed by atoms with Crippen molar-refractivity contribution >= 4 is 28.7 Å². The molecule has 5 heteroatoms. The molecule has 0 aliphatic rings. The maximum absolute atomic E-state index is 12.5. The van der Waals surface area contributed by atoms with Gasteiger partial charge in [-0.1, -0.05) is 53.7 Å². The molecule has 0 spiro atoms. The Morgan fingerprint density at radius 1 is 1.21 bits per heavy atom. The van der Waals surface area contributed by atoms with E-state index in [-0.39, 0.29) is 11.9 Å². The lowest BCUT2D eigenvalue weighted by Gasteiger charge is -2.25. The van der Waals surface area contributed by atoms with Gasteiger partial charge in [0.15, 0.2) is 5.16 Å². The Morgan fingerprint density at radius 3 is 2.62 bits per heavy atom. The number of hydrogen-bond acceptors (Lipinski definition) is 3. The zero-order chi connectivity index (χ0) is 17.1. The van der Waals surface area contributed by atoms with Gasteiger partial charge in [-0.15, -0.1) is 0 Å². The number of nitrogens with one attached hydrogen (secondary N) is 1. The van der Waals surface area contributed by atoms with Crippen LogP contribution in [0, 0.1) is 6.92 Å². The Kier molecular flexibility index (Phi) is 4.90. The van der Waals surface area contributed by atoms with E-state index in [1.54, 1.807) is 4.90 Å². The molecular weight excluding hydrogens is 318 g/mol. The van der Waals surface area contributed by atoms with Crippen molar-refractivity contribution in [3.8, 4) is 0 Å². The summed E-state index contributed by atoms with van der Waals surface area (Å²) in [4.78, 5) is 22.0. The number of aromatic nitrogens is 2. The van der Waals surface area contributed by atoms with E-state index < -0.39 is 0 Å². The second-order valence-corrected chi connectivity index (χ2v) is 6.90. The summed E-state index contributed by atoms with van der Waals surface area (Å²) < 4.78 is 0. The zero-order valence-corrected chi connectivity index (χ0v) is 14.9. The molecule has 1 heterocycles. The van der Waals surface area contributed by atoms with Crippen molar-refractivity contribution in [3.05, 3.63) is 59.7 Å². The van der Waals surface area contributed by atoms with Crippen LogP contribution in [0.15, 0.2) is 53.7 Å². The van der Waals surface area contributed by atoms with Crippen molar-refractivity contribution in [1.82, 2.24) is 14.9 Å². The molecule has 1 unspecified atom stereocenters. The zero-order valence-electron chi connectivity index (χ0n) is 14.1. The summed E-state index contributed by atoms with van der Waals surface area (Å²) in [7, 11) is 1.85. The highest BCUT2D eigenvalue weighted by Gasteiger charge is 2.18. The largest absolute Gasteiger partial charge is 0.338 e. The normalized spacial score (nSPS) is 12.3. The second-order valence-electron chi connectivity index (χ2n) is 5.94. The molecule has 2 aromatic carbocycles. The third-order valence-corrected chi connectivity index (χ3v) is 5.09. The molecule has 0 saturated heterocycles. The van der Waals surface area contributed by atoms with Gasteiger partial charge in [0.25, 0.3) is 0 Å². The van der Waals surface area contributed by atoms with E-state index in [0.29, 0.717) is 5.75 Å². The van der Waals surface area contributed by atoms with Crippen molar-refractivity contribution in [2.75, 3.05) is 12.8 Å².